The Balaban J connectivity index is 2.22. The van der Waals surface area contributed by atoms with Gasteiger partial charge >= 0.3 is 0 Å². The van der Waals surface area contributed by atoms with Crippen molar-refractivity contribution in [3.63, 3.8) is 0 Å². The highest BCUT2D eigenvalue weighted by molar-refractivity contribution is 9.10. The molecule has 0 atom stereocenters. The molecule has 0 aliphatic heterocycles. The van der Waals surface area contributed by atoms with Crippen LogP contribution in [0, 0.1) is 11.6 Å². The van der Waals surface area contributed by atoms with Gasteiger partial charge in [0.05, 0.1) is 4.47 Å². The molecule has 2 aromatic carbocycles. The Hall–Kier alpha value is -1.95. The summed E-state index contributed by atoms with van der Waals surface area (Å²) < 4.78 is 26.4. The zero-order valence-corrected chi connectivity index (χ0v) is 11.2. The molecule has 0 unspecified atom stereocenters. The number of amides is 1. The maximum absolute atomic E-state index is 13.1. The van der Waals surface area contributed by atoms with E-state index in [1.807, 2.05) is 0 Å². The number of rotatable bonds is 2. The summed E-state index contributed by atoms with van der Waals surface area (Å²) in [5, 5.41) is 2.52. The number of carbonyl (C=O) groups excluding carboxylic acids is 1. The van der Waals surface area contributed by atoms with Crippen molar-refractivity contribution in [2.45, 2.75) is 0 Å². The Morgan fingerprint density at radius 1 is 1.16 bits per heavy atom. The number of hydrogen-bond acceptors (Lipinski definition) is 2. The lowest BCUT2D eigenvalue weighted by Gasteiger charge is -2.07. The van der Waals surface area contributed by atoms with Gasteiger partial charge in [-0.15, -0.1) is 0 Å². The van der Waals surface area contributed by atoms with E-state index in [9.17, 15) is 13.6 Å². The van der Waals surface area contributed by atoms with Crippen LogP contribution in [0.4, 0.5) is 20.2 Å². The predicted octanol–water partition coefficient (Wildman–Crippen LogP) is 3.56. The summed E-state index contributed by atoms with van der Waals surface area (Å²) in [6.45, 7) is 0. The first-order valence-electron chi connectivity index (χ1n) is 5.28. The van der Waals surface area contributed by atoms with Crippen LogP contribution in [0.25, 0.3) is 0 Å². The molecule has 0 aliphatic rings. The third-order valence-corrected chi connectivity index (χ3v) is 2.97. The summed E-state index contributed by atoms with van der Waals surface area (Å²) >= 11 is 3.01. The van der Waals surface area contributed by atoms with E-state index < -0.39 is 17.5 Å². The quantitative estimate of drug-likeness (QED) is 0.829. The maximum Gasteiger partial charge on any atom is 0.255 e. The van der Waals surface area contributed by atoms with E-state index in [4.69, 9.17) is 5.73 Å². The fourth-order valence-corrected chi connectivity index (χ4v) is 1.90. The third kappa shape index (κ3) is 3.29. The minimum Gasteiger partial charge on any atom is -0.399 e. The van der Waals surface area contributed by atoms with Crippen molar-refractivity contribution in [3.8, 4) is 0 Å². The second-order valence-corrected chi connectivity index (χ2v) is 4.71. The molecule has 1 amide bonds. The van der Waals surface area contributed by atoms with Crippen molar-refractivity contribution < 1.29 is 13.6 Å². The highest BCUT2D eigenvalue weighted by atomic mass is 79.9. The van der Waals surface area contributed by atoms with Gasteiger partial charge in [-0.2, -0.15) is 0 Å². The molecule has 2 rings (SSSR count). The molecule has 0 fully saturated rings. The molecule has 0 saturated heterocycles. The van der Waals surface area contributed by atoms with Gasteiger partial charge in [0.25, 0.3) is 5.91 Å². The summed E-state index contributed by atoms with van der Waals surface area (Å²) in [6, 6.07) is 7.57. The van der Waals surface area contributed by atoms with Crippen LogP contribution in [-0.4, -0.2) is 5.91 Å². The van der Waals surface area contributed by atoms with Crippen molar-refractivity contribution in [2.24, 2.45) is 0 Å². The van der Waals surface area contributed by atoms with Gasteiger partial charge < -0.3 is 11.1 Å². The highest BCUT2D eigenvalue weighted by Crippen LogP contribution is 2.21. The van der Waals surface area contributed by atoms with E-state index >= 15 is 0 Å². The average Bonchev–Trinajstić information content (AvgIpc) is 2.32. The Kier molecular flexibility index (Phi) is 3.80. The smallest absolute Gasteiger partial charge is 0.255 e. The molecule has 0 heterocycles. The number of hydrogen-bond donors (Lipinski definition) is 2. The van der Waals surface area contributed by atoms with Gasteiger partial charge in [-0.3, -0.25) is 4.79 Å². The van der Waals surface area contributed by atoms with Gasteiger partial charge in [0.1, 0.15) is 11.6 Å². The molecule has 0 spiro atoms. The SMILES string of the molecule is Nc1cc(F)cc(C(=O)Nc2ccc(F)c(Br)c2)c1. The van der Waals surface area contributed by atoms with Crippen molar-refractivity contribution in [1.29, 1.82) is 0 Å². The van der Waals surface area contributed by atoms with E-state index in [0.717, 1.165) is 12.1 Å². The summed E-state index contributed by atoms with van der Waals surface area (Å²) in [7, 11) is 0. The van der Waals surface area contributed by atoms with Crippen molar-refractivity contribution in [3.05, 3.63) is 58.1 Å². The Bertz CT molecular complexity index is 626. The van der Waals surface area contributed by atoms with Crippen LogP contribution in [0.15, 0.2) is 40.9 Å². The standard InChI is InChI=1S/C13H9BrF2N2O/c14-11-6-10(1-2-12(11)16)18-13(19)7-3-8(15)5-9(17)4-7/h1-6H,17H2,(H,18,19). The number of nitrogens with one attached hydrogen (secondary N) is 1. The molecule has 0 aliphatic carbocycles. The van der Waals surface area contributed by atoms with Crippen molar-refractivity contribution >= 4 is 33.2 Å². The zero-order chi connectivity index (χ0) is 14.0. The lowest BCUT2D eigenvalue weighted by Crippen LogP contribution is -2.12. The summed E-state index contributed by atoms with van der Waals surface area (Å²) in [5.41, 5.74) is 6.10. The summed E-state index contributed by atoms with van der Waals surface area (Å²) in [4.78, 5) is 11.9. The van der Waals surface area contributed by atoms with Gasteiger partial charge in [-0.25, -0.2) is 8.78 Å². The van der Waals surface area contributed by atoms with Gasteiger partial charge in [0.15, 0.2) is 0 Å². The van der Waals surface area contributed by atoms with E-state index in [2.05, 4.69) is 21.2 Å². The lowest BCUT2D eigenvalue weighted by atomic mass is 10.1. The second-order valence-electron chi connectivity index (χ2n) is 3.86. The van der Waals surface area contributed by atoms with Gasteiger partial charge in [-0.05, 0) is 52.3 Å². The Labute approximate surface area is 116 Å². The van der Waals surface area contributed by atoms with Gasteiger partial charge in [-0.1, -0.05) is 0 Å². The Morgan fingerprint density at radius 2 is 1.89 bits per heavy atom. The monoisotopic (exact) mass is 326 g/mol. The van der Waals surface area contributed by atoms with E-state index in [1.165, 1.54) is 24.3 Å². The second kappa shape index (κ2) is 5.36. The fourth-order valence-electron chi connectivity index (χ4n) is 1.52. The molecule has 3 N–H and O–H groups in total. The number of anilines is 2. The fraction of sp³-hybridized carbons (Fsp3) is 0. The molecule has 0 aromatic heterocycles. The first-order valence-corrected chi connectivity index (χ1v) is 6.07. The molecule has 19 heavy (non-hydrogen) atoms. The molecule has 0 saturated carbocycles. The highest BCUT2D eigenvalue weighted by Gasteiger charge is 2.09. The molecule has 3 nitrogen and oxygen atoms in total. The summed E-state index contributed by atoms with van der Waals surface area (Å²) in [6.07, 6.45) is 0. The molecule has 0 bridgehead atoms. The maximum atomic E-state index is 13.1. The summed E-state index contributed by atoms with van der Waals surface area (Å²) in [5.74, 6) is -1.55. The minimum atomic E-state index is -0.592. The number of benzene rings is 2. The molecule has 2 aromatic rings. The van der Waals surface area contributed by atoms with Gasteiger partial charge in [0.2, 0.25) is 0 Å². The molecular formula is C13H9BrF2N2O. The molecule has 0 radical (unpaired) electrons. The van der Waals surface area contributed by atoms with Crippen LogP contribution in [-0.2, 0) is 0 Å². The average molecular weight is 327 g/mol. The normalized spacial score (nSPS) is 10.3. The van der Waals surface area contributed by atoms with E-state index in [0.29, 0.717) is 5.69 Å². The Morgan fingerprint density at radius 3 is 2.53 bits per heavy atom. The van der Waals surface area contributed by atoms with Crippen LogP contribution in [0.3, 0.4) is 0 Å². The first kappa shape index (κ1) is 13.5. The van der Waals surface area contributed by atoms with Crippen LogP contribution in [0.2, 0.25) is 0 Å². The van der Waals surface area contributed by atoms with Crippen LogP contribution >= 0.6 is 15.9 Å². The lowest BCUT2D eigenvalue weighted by molar-refractivity contribution is 0.102. The minimum absolute atomic E-state index is 0.0953. The number of carbonyl (C=O) groups is 1. The topological polar surface area (TPSA) is 55.1 Å². The molecule has 6 heteroatoms. The number of halogens is 3. The number of nitrogens with two attached hydrogens (primary N) is 1. The van der Waals surface area contributed by atoms with Gasteiger partial charge in [0, 0.05) is 16.9 Å². The predicted molar refractivity (Wildman–Crippen MR) is 72.9 cm³/mol. The number of nitrogen functional groups attached to an aromatic ring is 1. The third-order valence-electron chi connectivity index (χ3n) is 2.36. The van der Waals surface area contributed by atoms with E-state index in [1.54, 1.807) is 0 Å². The van der Waals surface area contributed by atoms with Crippen molar-refractivity contribution in [2.75, 3.05) is 11.1 Å². The van der Waals surface area contributed by atoms with E-state index in [-0.39, 0.29) is 15.7 Å². The largest absolute Gasteiger partial charge is 0.399 e. The van der Waals surface area contributed by atoms with Crippen LogP contribution in [0.1, 0.15) is 10.4 Å². The molecular weight excluding hydrogens is 318 g/mol. The van der Waals surface area contributed by atoms with Crippen LogP contribution in [0.5, 0.6) is 0 Å². The molecule has 98 valence electrons. The van der Waals surface area contributed by atoms with Crippen LogP contribution < -0.4 is 11.1 Å². The van der Waals surface area contributed by atoms with Crippen molar-refractivity contribution in [1.82, 2.24) is 0 Å². The zero-order valence-electron chi connectivity index (χ0n) is 9.58. The first-order chi connectivity index (χ1) is 8.95.